The number of anilines is 1. The number of carbonyl (C=O) groups excluding carboxylic acids is 2. The number of thiophene rings is 1. The molecule has 2 amide bonds. The maximum absolute atomic E-state index is 13.4. The Morgan fingerprint density at radius 2 is 1.81 bits per heavy atom. The summed E-state index contributed by atoms with van der Waals surface area (Å²) in [5.41, 5.74) is 3.00. The van der Waals surface area contributed by atoms with Crippen LogP contribution in [0.2, 0.25) is 0 Å². The Labute approximate surface area is 192 Å². The number of nitrogens with one attached hydrogen (secondary N) is 1. The average Bonchev–Trinajstić information content (AvgIpc) is 3.34. The minimum absolute atomic E-state index is 0.170. The highest BCUT2D eigenvalue weighted by Crippen LogP contribution is 2.18. The zero-order chi connectivity index (χ0) is 22.5. The molecule has 32 heavy (non-hydrogen) atoms. The van der Waals surface area contributed by atoms with Crippen molar-refractivity contribution in [1.82, 2.24) is 15.2 Å². The van der Waals surface area contributed by atoms with Gasteiger partial charge >= 0.3 is 0 Å². The predicted molar refractivity (Wildman–Crippen MR) is 129 cm³/mol. The molecule has 0 atom stereocenters. The summed E-state index contributed by atoms with van der Waals surface area (Å²) in [5, 5.41) is 4.82. The van der Waals surface area contributed by atoms with Crippen LogP contribution < -0.4 is 10.2 Å². The summed E-state index contributed by atoms with van der Waals surface area (Å²) < 4.78 is 0. The highest BCUT2D eigenvalue weighted by molar-refractivity contribution is 7.10. The first-order chi connectivity index (χ1) is 15.5. The molecule has 0 radical (unpaired) electrons. The molecule has 4 rings (SSSR count). The Kier molecular flexibility index (Phi) is 6.66. The highest BCUT2D eigenvalue weighted by Gasteiger charge is 2.25. The minimum atomic E-state index is -0.281. The summed E-state index contributed by atoms with van der Waals surface area (Å²) in [6, 6.07) is 15.2. The molecule has 6 nitrogen and oxygen atoms in total. The number of hydrogen-bond donors (Lipinski definition) is 1. The van der Waals surface area contributed by atoms with Gasteiger partial charge in [0, 0.05) is 42.8 Å². The Bertz CT molecular complexity index is 1120. The molecule has 0 unspecified atom stereocenters. The smallest absolute Gasteiger partial charge is 0.270 e. The van der Waals surface area contributed by atoms with Crippen molar-refractivity contribution in [2.45, 2.75) is 13.8 Å². The van der Waals surface area contributed by atoms with Gasteiger partial charge in [-0.1, -0.05) is 18.2 Å². The molecule has 0 aliphatic carbocycles. The van der Waals surface area contributed by atoms with E-state index < -0.39 is 0 Å². The van der Waals surface area contributed by atoms with Crippen molar-refractivity contribution >= 4 is 35.0 Å². The van der Waals surface area contributed by atoms with Gasteiger partial charge in [-0.15, -0.1) is 11.3 Å². The van der Waals surface area contributed by atoms with Crippen molar-refractivity contribution in [3.8, 4) is 0 Å². The van der Waals surface area contributed by atoms with Gasteiger partial charge in [-0.05, 0) is 66.8 Å². The van der Waals surface area contributed by atoms with E-state index in [9.17, 15) is 9.59 Å². The van der Waals surface area contributed by atoms with Crippen molar-refractivity contribution in [3.63, 3.8) is 0 Å². The van der Waals surface area contributed by atoms with Gasteiger partial charge in [0.05, 0.1) is 0 Å². The fourth-order valence-corrected chi connectivity index (χ4v) is 4.25. The Hall–Kier alpha value is -3.45. The molecule has 1 aliphatic heterocycles. The first kappa shape index (κ1) is 21.8. The van der Waals surface area contributed by atoms with Gasteiger partial charge in [0.15, 0.2) is 0 Å². The third-order valence-electron chi connectivity index (χ3n) is 5.62. The maximum Gasteiger partial charge on any atom is 0.270 e. The topological polar surface area (TPSA) is 65.5 Å². The average molecular weight is 447 g/mol. The van der Waals surface area contributed by atoms with E-state index >= 15 is 0 Å². The third-order valence-corrected chi connectivity index (χ3v) is 6.44. The molecule has 164 valence electrons. The van der Waals surface area contributed by atoms with Crippen LogP contribution in [0.4, 0.5) is 5.82 Å². The number of piperazine rings is 1. The number of benzene rings is 1. The number of amides is 2. The summed E-state index contributed by atoms with van der Waals surface area (Å²) in [6.45, 7) is 6.50. The van der Waals surface area contributed by atoms with E-state index in [0.717, 1.165) is 21.8 Å². The van der Waals surface area contributed by atoms with Crippen LogP contribution in [0.5, 0.6) is 0 Å². The lowest BCUT2D eigenvalue weighted by molar-refractivity contribution is -0.127. The molecule has 0 spiro atoms. The molecule has 0 bridgehead atoms. The lowest BCUT2D eigenvalue weighted by Crippen LogP contribution is -2.50. The van der Waals surface area contributed by atoms with E-state index in [1.54, 1.807) is 23.2 Å². The Balaban J connectivity index is 1.50. The second kappa shape index (κ2) is 9.78. The largest absolute Gasteiger partial charge is 0.353 e. The van der Waals surface area contributed by atoms with Gasteiger partial charge in [-0.25, -0.2) is 4.98 Å². The molecule has 3 aromatic rings. The van der Waals surface area contributed by atoms with Gasteiger partial charge in [0.1, 0.15) is 11.5 Å². The van der Waals surface area contributed by atoms with Crippen LogP contribution >= 0.6 is 11.3 Å². The zero-order valence-electron chi connectivity index (χ0n) is 18.2. The first-order valence-electron chi connectivity index (χ1n) is 10.6. The van der Waals surface area contributed by atoms with Gasteiger partial charge in [-0.2, -0.15) is 0 Å². The molecule has 0 saturated carbocycles. The summed E-state index contributed by atoms with van der Waals surface area (Å²) >= 11 is 1.53. The fraction of sp³-hybridized carbons (Fsp3) is 0.240. The predicted octanol–water partition coefficient (Wildman–Crippen LogP) is 3.88. The number of hydrogen-bond acceptors (Lipinski definition) is 5. The van der Waals surface area contributed by atoms with E-state index in [2.05, 4.69) is 15.2 Å². The lowest BCUT2D eigenvalue weighted by atomic mass is 10.1. The van der Waals surface area contributed by atoms with Crippen LogP contribution in [-0.2, 0) is 4.79 Å². The van der Waals surface area contributed by atoms with Crippen molar-refractivity contribution in [1.29, 1.82) is 0 Å². The standard InChI is InChI=1S/C25H26N4O2S/c1-18-8-9-20(16-19(18)2)24(30)27-22(17-21-6-5-15-32-21)25(31)29-13-11-28(12-14-29)23-7-3-4-10-26-23/h3-10,15-17H,11-14H2,1-2H3,(H,27,30)/b22-17-. The Morgan fingerprint density at radius 3 is 2.47 bits per heavy atom. The van der Waals surface area contributed by atoms with E-state index in [-0.39, 0.29) is 11.8 Å². The molecule has 1 aliphatic rings. The van der Waals surface area contributed by atoms with Crippen molar-refractivity contribution in [2.75, 3.05) is 31.1 Å². The van der Waals surface area contributed by atoms with Crippen LogP contribution in [0.25, 0.3) is 6.08 Å². The van der Waals surface area contributed by atoms with Crippen LogP contribution in [0.1, 0.15) is 26.4 Å². The Morgan fingerprint density at radius 1 is 1.00 bits per heavy atom. The van der Waals surface area contributed by atoms with Crippen LogP contribution in [0.3, 0.4) is 0 Å². The van der Waals surface area contributed by atoms with Crippen molar-refractivity contribution < 1.29 is 9.59 Å². The normalized spacial score (nSPS) is 14.4. The van der Waals surface area contributed by atoms with Gasteiger partial charge in [0.25, 0.3) is 11.8 Å². The third kappa shape index (κ3) is 5.06. The molecule has 1 aromatic carbocycles. The lowest BCUT2D eigenvalue weighted by Gasteiger charge is -2.35. The van der Waals surface area contributed by atoms with E-state index in [0.29, 0.717) is 37.4 Å². The van der Waals surface area contributed by atoms with Crippen LogP contribution in [0.15, 0.2) is 65.8 Å². The van der Waals surface area contributed by atoms with Gasteiger partial charge < -0.3 is 15.1 Å². The maximum atomic E-state index is 13.4. The molecule has 3 heterocycles. The number of pyridine rings is 1. The monoisotopic (exact) mass is 446 g/mol. The molecular weight excluding hydrogens is 420 g/mol. The fourth-order valence-electron chi connectivity index (χ4n) is 3.59. The summed E-state index contributed by atoms with van der Waals surface area (Å²) in [7, 11) is 0. The number of aryl methyl sites for hydroxylation is 2. The van der Waals surface area contributed by atoms with E-state index in [4.69, 9.17) is 0 Å². The quantitative estimate of drug-likeness (QED) is 0.604. The van der Waals surface area contributed by atoms with Crippen molar-refractivity contribution in [2.24, 2.45) is 0 Å². The van der Waals surface area contributed by atoms with Gasteiger partial charge in [-0.3, -0.25) is 9.59 Å². The minimum Gasteiger partial charge on any atom is -0.353 e. The number of rotatable bonds is 5. The zero-order valence-corrected chi connectivity index (χ0v) is 19.1. The molecule has 1 N–H and O–H groups in total. The molecule has 1 saturated heterocycles. The summed E-state index contributed by atoms with van der Waals surface area (Å²) in [4.78, 5) is 35.6. The van der Waals surface area contributed by atoms with Crippen molar-refractivity contribution in [3.05, 3.63) is 87.4 Å². The summed E-state index contributed by atoms with van der Waals surface area (Å²) in [6.07, 6.45) is 3.54. The van der Waals surface area contributed by atoms with E-state index in [1.807, 2.05) is 61.7 Å². The van der Waals surface area contributed by atoms with Crippen LogP contribution in [-0.4, -0.2) is 47.9 Å². The highest BCUT2D eigenvalue weighted by atomic mass is 32.1. The number of aromatic nitrogens is 1. The van der Waals surface area contributed by atoms with E-state index in [1.165, 1.54) is 11.3 Å². The molecule has 7 heteroatoms. The molecular formula is C25H26N4O2S. The molecule has 1 fully saturated rings. The number of nitrogens with zero attached hydrogens (tertiary/aromatic N) is 3. The van der Waals surface area contributed by atoms with Crippen LogP contribution in [0, 0.1) is 13.8 Å². The summed E-state index contributed by atoms with van der Waals surface area (Å²) in [5.74, 6) is 0.463. The SMILES string of the molecule is Cc1ccc(C(=O)N/C(=C\c2cccs2)C(=O)N2CCN(c3ccccn3)CC2)cc1C. The number of carbonyl (C=O) groups is 2. The van der Waals surface area contributed by atoms with Gasteiger partial charge in [0.2, 0.25) is 0 Å². The first-order valence-corrected chi connectivity index (χ1v) is 11.5. The second-order valence-corrected chi connectivity index (χ2v) is 8.77. The second-order valence-electron chi connectivity index (χ2n) is 7.79. The molecule has 2 aromatic heterocycles.